The minimum absolute atomic E-state index is 0.344. The third-order valence-electron chi connectivity index (χ3n) is 4.01. The van der Waals surface area contributed by atoms with Crippen LogP contribution in [0.4, 0.5) is 0 Å². The zero-order chi connectivity index (χ0) is 10.3. The molecule has 0 amide bonds. The molecule has 13 heavy (non-hydrogen) atoms. The number of ether oxygens (including phenoxy) is 1. The fourth-order valence-electron chi connectivity index (χ4n) is 3.25. The van der Waals surface area contributed by atoms with Crippen molar-refractivity contribution in [1.82, 2.24) is 0 Å². The number of hydrogen-bond donors (Lipinski definition) is 0. The second-order valence-electron chi connectivity index (χ2n) is 5.86. The van der Waals surface area contributed by atoms with E-state index in [1.807, 2.05) is 0 Å². The first-order valence-electron chi connectivity index (χ1n) is 5.40. The first kappa shape index (κ1) is 11.0. The van der Waals surface area contributed by atoms with Crippen molar-refractivity contribution in [3.63, 3.8) is 0 Å². The molecule has 0 aromatic rings. The summed E-state index contributed by atoms with van der Waals surface area (Å²) in [5, 5.41) is 0. The molecule has 0 saturated carbocycles. The van der Waals surface area contributed by atoms with E-state index in [2.05, 4.69) is 41.5 Å². The highest BCUT2D eigenvalue weighted by Gasteiger charge is 2.51. The highest BCUT2D eigenvalue weighted by Crippen LogP contribution is 2.53. The molecule has 0 aromatic heterocycles. The molecular weight excluding hydrogens is 160 g/mol. The van der Waals surface area contributed by atoms with Crippen LogP contribution in [-0.2, 0) is 4.74 Å². The van der Waals surface area contributed by atoms with E-state index in [0.717, 1.165) is 13.2 Å². The first-order valence-corrected chi connectivity index (χ1v) is 5.40. The Morgan fingerprint density at radius 3 is 2.00 bits per heavy atom. The summed E-state index contributed by atoms with van der Waals surface area (Å²) in [7, 11) is 0. The van der Waals surface area contributed by atoms with Gasteiger partial charge < -0.3 is 4.74 Å². The van der Waals surface area contributed by atoms with Crippen molar-refractivity contribution in [3.8, 4) is 0 Å². The molecule has 1 fully saturated rings. The van der Waals surface area contributed by atoms with Gasteiger partial charge in [0.15, 0.2) is 0 Å². The topological polar surface area (TPSA) is 9.23 Å². The van der Waals surface area contributed by atoms with Crippen molar-refractivity contribution in [2.24, 2.45) is 22.7 Å². The fraction of sp³-hybridized carbons (Fsp3) is 1.00. The van der Waals surface area contributed by atoms with Gasteiger partial charge in [0, 0.05) is 12.0 Å². The summed E-state index contributed by atoms with van der Waals surface area (Å²) in [6.07, 6.45) is 0. The van der Waals surface area contributed by atoms with E-state index >= 15 is 0 Å². The standard InChI is InChI=1S/C12H24O/c1-9(2)12(11(4,5)6)8-13-7-10(12)3/h9-10H,7-8H2,1-6H3/t10-,12?/m1/s1. The van der Waals surface area contributed by atoms with Gasteiger partial charge in [-0.1, -0.05) is 41.5 Å². The molecule has 1 heterocycles. The maximum absolute atomic E-state index is 5.66. The second kappa shape index (κ2) is 3.27. The molecule has 1 aliphatic heterocycles. The summed E-state index contributed by atoms with van der Waals surface area (Å²) in [6.45, 7) is 15.9. The van der Waals surface area contributed by atoms with Crippen molar-refractivity contribution in [2.75, 3.05) is 13.2 Å². The largest absolute Gasteiger partial charge is 0.381 e. The van der Waals surface area contributed by atoms with Crippen molar-refractivity contribution >= 4 is 0 Å². The molecule has 0 N–H and O–H groups in total. The van der Waals surface area contributed by atoms with Gasteiger partial charge in [0.2, 0.25) is 0 Å². The van der Waals surface area contributed by atoms with Gasteiger partial charge in [0.05, 0.1) is 6.61 Å². The first-order chi connectivity index (χ1) is 5.82. The Morgan fingerprint density at radius 2 is 1.85 bits per heavy atom. The zero-order valence-corrected chi connectivity index (χ0v) is 9.98. The van der Waals surface area contributed by atoms with Crippen molar-refractivity contribution in [2.45, 2.75) is 41.5 Å². The average molecular weight is 184 g/mol. The van der Waals surface area contributed by atoms with Crippen LogP contribution in [0, 0.1) is 22.7 Å². The maximum atomic E-state index is 5.66. The molecule has 2 atom stereocenters. The molecule has 1 aliphatic rings. The molecule has 1 nitrogen and oxygen atoms in total. The quantitative estimate of drug-likeness (QED) is 0.607. The van der Waals surface area contributed by atoms with E-state index in [-0.39, 0.29) is 0 Å². The Kier molecular flexibility index (Phi) is 2.78. The average Bonchev–Trinajstić information content (AvgIpc) is 2.29. The van der Waals surface area contributed by atoms with Gasteiger partial charge >= 0.3 is 0 Å². The summed E-state index contributed by atoms with van der Waals surface area (Å²) in [5.74, 6) is 1.39. The summed E-state index contributed by atoms with van der Waals surface area (Å²) < 4.78 is 5.66. The lowest BCUT2D eigenvalue weighted by Gasteiger charge is -2.47. The van der Waals surface area contributed by atoms with Gasteiger partial charge in [-0.25, -0.2) is 0 Å². The Bertz CT molecular complexity index is 178. The van der Waals surface area contributed by atoms with Crippen molar-refractivity contribution in [3.05, 3.63) is 0 Å². The van der Waals surface area contributed by atoms with Crippen LogP contribution < -0.4 is 0 Å². The minimum Gasteiger partial charge on any atom is -0.381 e. The second-order valence-corrected chi connectivity index (χ2v) is 5.86. The van der Waals surface area contributed by atoms with Gasteiger partial charge in [0.25, 0.3) is 0 Å². The van der Waals surface area contributed by atoms with Crippen LogP contribution in [0.5, 0.6) is 0 Å². The van der Waals surface area contributed by atoms with Gasteiger partial charge in [-0.2, -0.15) is 0 Å². The lowest BCUT2D eigenvalue weighted by Crippen LogP contribution is -2.45. The third kappa shape index (κ3) is 1.52. The van der Waals surface area contributed by atoms with Crippen LogP contribution in [0.3, 0.4) is 0 Å². The maximum Gasteiger partial charge on any atom is 0.0533 e. The lowest BCUT2D eigenvalue weighted by molar-refractivity contribution is -0.00671. The number of hydrogen-bond acceptors (Lipinski definition) is 1. The fourth-order valence-corrected chi connectivity index (χ4v) is 3.25. The molecule has 1 rings (SSSR count). The Morgan fingerprint density at radius 1 is 1.31 bits per heavy atom. The normalized spacial score (nSPS) is 35.8. The molecule has 78 valence electrons. The highest BCUT2D eigenvalue weighted by molar-refractivity contribution is 4.98. The van der Waals surface area contributed by atoms with Crippen LogP contribution in [0.1, 0.15) is 41.5 Å². The molecule has 1 heteroatoms. The lowest BCUT2D eigenvalue weighted by atomic mass is 9.56. The van der Waals surface area contributed by atoms with E-state index in [0.29, 0.717) is 22.7 Å². The van der Waals surface area contributed by atoms with Gasteiger partial charge in [-0.05, 0) is 17.3 Å². The Hall–Kier alpha value is -0.0400. The Labute approximate surface area is 82.9 Å². The molecule has 1 unspecified atom stereocenters. The van der Waals surface area contributed by atoms with Crippen LogP contribution in [-0.4, -0.2) is 13.2 Å². The van der Waals surface area contributed by atoms with Crippen molar-refractivity contribution in [1.29, 1.82) is 0 Å². The molecule has 1 saturated heterocycles. The molecule has 0 bridgehead atoms. The van der Waals surface area contributed by atoms with Gasteiger partial charge in [0.1, 0.15) is 0 Å². The number of rotatable bonds is 1. The van der Waals surface area contributed by atoms with Crippen LogP contribution >= 0.6 is 0 Å². The van der Waals surface area contributed by atoms with E-state index in [4.69, 9.17) is 4.74 Å². The monoisotopic (exact) mass is 184 g/mol. The molecule has 0 aliphatic carbocycles. The molecular formula is C12H24O. The SMILES string of the molecule is CC(C)C1(C(C)(C)C)COC[C@H]1C. The summed E-state index contributed by atoms with van der Waals surface area (Å²) in [6, 6.07) is 0. The molecule has 0 radical (unpaired) electrons. The molecule has 0 aromatic carbocycles. The summed E-state index contributed by atoms with van der Waals surface area (Å²) >= 11 is 0. The predicted molar refractivity (Wildman–Crippen MR) is 56.7 cm³/mol. The third-order valence-corrected chi connectivity index (χ3v) is 4.01. The van der Waals surface area contributed by atoms with E-state index < -0.39 is 0 Å². The predicted octanol–water partition coefficient (Wildman–Crippen LogP) is 3.34. The zero-order valence-electron chi connectivity index (χ0n) is 9.98. The van der Waals surface area contributed by atoms with Crippen LogP contribution in [0.25, 0.3) is 0 Å². The highest BCUT2D eigenvalue weighted by atomic mass is 16.5. The van der Waals surface area contributed by atoms with E-state index in [1.54, 1.807) is 0 Å². The van der Waals surface area contributed by atoms with E-state index in [1.165, 1.54) is 0 Å². The smallest absolute Gasteiger partial charge is 0.0533 e. The minimum atomic E-state index is 0.344. The summed E-state index contributed by atoms with van der Waals surface area (Å²) in [5.41, 5.74) is 0.712. The van der Waals surface area contributed by atoms with Crippen molar-refractivity contribution < 1.29 is 4.74 Å². The Balaban J connectivity index is 3.01. The van der Waals surface area contributed by atoms with E-state index in [9.17, 15) is 0 Å². The molecule has 0 spiro atoms. The van der Waals surface area contributed by atoms with Gasteiger partial charge in [-0.15, -0.1) is 0 Å². The van der Waals surface area contributed by atoms with Gasteiger partial charge in [-0.3, -0.25) is 0 Å². The van der Waals surface area contributed by atoms with Crippen LogP contribution in [0.2, 0.25) is 0 Å². The van der Waals surface area contributed by atoms with Crippen LogP contribution in [0.15, 0.2) is 0 Å². The summed E-state index contributed by atoms with van der Waals surface area (Å²) in [4.78, 5) is 0.